The summed E-state index contributed by atoms with van der Waals surface area (Å²) in [5.41, 5.74) is 1.26. The third kappa shape index (κ3) is 5.29. The van der Waals surface area contributed by atoms with Crippen molar-refractivity contribution in [2.75, 3.05) is 26.2 Å². The average molecular weight is 342 g/mol. The van der Waals surface area contributed by atoms with Crippen LogP contribution in [0.15, 0.2) is 43.0 Å². The van der Waals surface area contributed by atoms with Gasteiger partial charge in [0.05, 0.1) is 6.04 Å². The van der Waals surface area contributed by atoms with Gasteiger partial charge in [0.1, 0.15) is 12.7 Å². The van der Waals surface area contributed by atoms with Crippen LogP contribution in [0.3, 0.4) is 0 Å². The fourth-order valence-corrected chi connectivity index (χ4v) is 3.23. The maximum Gasteiger partial charge on any atom is 0.314 e. The van der Waals surface area contributed by atoms with Crippen LogP contribution in [0.1, 0.15) is 30.9 Å². The second kappa shape index (κ2) is 9.17. The van der Waals surface area contributed by atoms with Crippen LogP contribution in [0.25, 0.3) is 0 Å². The number of likely N-dealkylation sites (tertiary alicyclic amines) is 1. The molecule has 1 aliphatic rings. The first-order chi connectivity index (χ1) is 12.3. The van der Waals surface area contributed by atoms with E-state index in [0.717, 1.165) is 26.1 Å². The summed E-state index contributed by atoms with van der Waals surface area (Å²) in [5, 5.41) is 9.98. The Hall–Kier alpha value is -2.41. The van der Waals surface area contributed by atoms with Gasteiger partial charge >= 0.3 is 6.03 Å². The standard InChI is InChI=1S/C18H26N6O/c25-18(20-9-6-12-24-15-19-14-22-24)21-13-17(23-10-4-5-11-23)16-7-2-1-3-8-16/h1-3,7-8,14-15,17H,4-6,9-13H2,(H2,20,21,25)/t17-/m1/s1. The number of amides is 2. The Labute approximate surface area is 148 Å². The molecule has 134 valence electrons. The number of carbonyl (C=O) groups excluding carboxylic acids is 1. The molecule has 1 aromatic heterocycles. The number of benzene rings is 1. The van der Waals surface area contributed by atoms with Crippen LogP contribution in [0.2, 0.25) is 0 Å². The number of aromatic nitrogens is 3. The number of hydrogen-bond acceptors (Lipinski definition) is 4. The molecule has 0 unspecified atom stereocenters. The monoisotopic (exact) mass is 342 g/mol. The Balaban J connectivity index is 1.43. The predicted molar refractivity (Wildman–Crippen MR) is 96.0 cm³/mol. The number of nitrogens with one attached hydrogen (secondary N) is 2. The molecule has 1 aliphatic heterocycles. The molecule has 7 nitrogen and oxygen atoms in total. The van der Waals surface area contributed by atoms with Gasteiger partial charge in [-0.25, -0.2) is 9.78 Å². The molecule has 0 saturated carbocycles. The van der Waals surface area contributed by atoms with Gasteiger partial charge in [0, 0.05) is 19.6 Å². The summed E-state index contributed by atoms with van der Waals surface area (Å²) in [6.07, 6.45) is 6.49. The molecule has 1 atom stereocenters. The lowest BCUT2D eigenvalue weighted by atomic mass is 10.1. The van der Waals surface area contributed by atoms with Crippen LogP contribution in [-0.4, -0.2) is 51.9 Å². The molecular weight excluding hydrogens is 316 g/mol. The topological polar surface area (TPSA) is 75.1 Å². The lowest BCUT2D eigenvalue weighted by Crippen LogP contribution is -2.42. The lowest BCUT2D eigenvalue weighted by Gasteiger charge is -2.28. The van der Waals surface area contributed by atoms with Crippen LogP contribution in [0.4, 0.5) is 4.79 Å². The highest BCUT2D eigenvalue weighted by Crippen LogP contribution is 2.24. The largest absolute Gasteiger partial charge is 0.338 e. The summed E-state index contributed by atoms with van der Waals surface area (Å²) in [6, 6.07) is 10.6. The Kier molecular flexibility index (Phi) is 6.39. The zero-order valence-corrected chi connectivity index (χ0v) is 14.5. The summed E-state index contributed by atoms with van der Waals surface area (Å²) in [5.74, 6) is 0. The third-order valence-electron chi connectivity index (χ3n) is 4.54. The van der Waals surface area contributed by atoms with E-state index in [4.69, 9.17) is 0 Å². The van der Waals surface area contributed by atoms with Gasteiger partial charge in [-0.05, 0) is 37.9 Å². The number of aryl methyl sites for hydroxylation is 1. The van der Waals surface area contributed by atoms with Crippen molar-refractivity contribution >= 4 is 6.03 Å². The van der Waals surface area contributed by atoms with Crippen molar-refractivity contribution in [2.24, 2.45) is 0 Å². The molecule has 2 aromatic rings. The fraction of sp³-hybridized carbons (Fsp3) is 0.500. The number of nitrogens with zero attached hydrogens (tertiary/aromatic N) is 4. The molecule has 7 heteroatoms. The maximum atomic E-state index is 12.1. The average Bonchev–Trinajstić information content (AvgIpc) is 3.34. The second-order valence-corrected chi connectivity index (χ2v) is 6.32. The quantitative estimate of drug-likeness (QED) is 0.718. The molecule has 1 saturated heterocycles. The molecule has 0 aliphatic carbocycles. The van der Waals surface area contributed by atoms with Crippen LogP contribution in [0.5, 0.6) is 0 Å². The molecule has 0 radical (unpaired) electrons. The van der Waals surface area contributed by atoms with Gasteiger partial charge in [0.2, 0.25) is 0 Å². The van der Waals surface area contributed by atoms with E-state index in [9.17, 15) is 4.79 Å². The predicted octanol–water partition coefficient (Wildman–Crippen LogP) is 1.80. The van der Waals surface area contributed by atoms with E-state index < -0.39 is 0 Å². The number of urea groups is 1. The summed E-state index contributed by atoms with van der Waals surface area (Å²) in [7, 11) is 0. The molecule has 0 bridgehead atoms. The Bertz CT molecular complexity index is 624. The molecule has 1 aromatic carbocycles. The highest BCUT2D eigenvalue weighted by Gasteiger charge is 2.23. The summed E-state index contributed by atoms with van der Waals surface area (Å²) in [4.78, 5) is 18.4. The van der Waals surface area contributed by atoms with Crippen molar-refractivity contribution in [1.29, 1.82) is 0 Å². The van der Waals surface area contributed by atoms with E-state index in [2.05, 4.69) is 49.9 Å². The minimum absolute atomic E-state index is 0.112. The second-order valence-electron chi connectivity index (χ2n) is 6.32. The van der Waals surface area contributed by atoms with Crippen molar-refractivity contribution in [3.63, 3.8) is 0 Å². The first-order valence-electron chi connectivity index (χ1n) is 8.96. The van der Waals surface area contributed by atoms with Gasteiger partial charge < -0.3 is 10.6 Å². The zero-order valence-electron chi connectivity index (χ0n) is 14.5. The zero-order chi connectivity index (χ0) is 17.3. The molecule has 25 heavy (non-hydrogen) atoms. The van der Waals surface area contributed by atoms with E-state index in [0.29, 0.717) is 13.1 Å². The van der Waals surface area contributed by atoms with Crippen LogP contribution in [0, 0.1) is 0 Å². The summed E-state index contributed by atoms with van der Waals surface area (Å²) in [6.45, 7) is 4.19. The molecular formula is C18H26N6O. The van der Waals surface area contributed by atoms with Crippen LogP contribution < -0.4 is 10.6 Å². The normalized spacial score (nSPS) is 15.8. The highest BCUT2D eigenvalue weighted by atomic mass is 16.2. The van der Waals surface area contributed by atoms with E-state index >= 15 is 0 Å². The van der Waals surface area contributed by atoms with Crippen molar-refractivity contribution in [3.05, 3.63) is 48.5 Å². The van der Waals surface area contributed by atoms with E-state index in [-0.39, 0.29) is 12.1 Å². The summed E-state index contributed by atoms with van der Waals surface area (Å²) >= 11 is 0. The molecule has 2 heterocycles. The van der Waals surface area contributed by atoms with Gasteiger partial charge in [-0.1, -0.05) is 30.3 Å². The molecule has 3 rings (SSSR count). The first-order valence-corrected chi connectivity index (χ1v) is 8.96. The Morgan fingerprint density at radius 2 is 1.96 bits per heavy atom. The minimum atomic E-state index is -0.112. The summed E-state index contributed by atoms with van der Waals surface area (Å²) < 4.78 is 1.76. The van der Waals surface area contributed by atoms with Gasteiger partial charge in [-0.3, -0.25) is 9.58 Å². The SMILES string of the molecule is O=C(NCCCn1cncn1)NC[C@H](c1ccccc1)N1CCCC1. The van der Waals surface area contributed by atoms with Crippen molar-refractivity contribution in [3.8, 4) is 0 Å². The smallest absolute Gasteiger partial charge is 0.314 e. The van der Waals surface area contributed by atoms with Gasteiger partial charge in [-0.2, -0.15) is 5.10 Å². The van der Waals surface area contributed by atoms with Gasteiger partial charge in [0.25, 0.3) is 0 Å². The van der Waals surface area contributed by atoms with E-state index in [1.807, 2.05) is 6.07 Å². The molecule has 2 N–H and O–H groups in total. The van der Waals surface area contributed by atoms with E-state index in [1.165, 1.54) is 24.7 Å². The van der Waals surface area contributed by atoms with Crippen molar-refractivity contribution in [1.82, 2.24) is 30.3 Å². The van der Waals surface area contributed by atoms with Crippen LogP contribution in [-0.2, 0) is 6.54 Å². The number of rotatable bonds is 8. The van der Waals surface area contributed by atoms with Crippen molar-refractivity contribution < 1.29 is 4.79 Å². The third-order valence-corrected chi connectivity index (χ3v) is 4.54. The Morgan fingerprint density at radius 1 is 1.16 bits per heavy atom. The highest BCUT2D eigenvalue weighted by molar-refractivity contribution is 5.73. The maximum absolute atomic E-state index is 12.1. The first kappa shape index (κ1) is 17.4. The number of carbonyl (C=O) groups is 1. The molecule has 2 amide bonds. The Morgan fingerprint density at radius 3 is 2.68 bits per heavy atom. The number of hydrogen-bond donors (Lipinski definition) is 2. The molecule has 0 spiro atoms. The van der Waals surface area contributed by atoms with E-state index in [1.54, 1.807) is 11.0 Å². The fourth-order valence-electron chi connectivity index (χ4n) is 3.23. The molecule has 1 fully saturated rings. The van der Waals surface area contributed by atoms with Crippen LogP contribution >= 0.6 is 0 Å². The van der Waals surface area contributed by atoms with Gasteiger partial charge in [0.15, 0.2) is 0 Å². The van der Waals surface area contributed by atoms with Gasteiger partial charge in [-0.15, -0.1) is 0 Å². The minimum Gasteiger partial charge on any atom is -0.338 e. The lowest BCUT2D eigenvalue weighted by molar-refractivity contribution is 0.220. The van der Waals surface area contributed by atoms with Crippen molar-refractivity contribution in [2.45, 2.75) is 31.8 Å².